The van der Waals surface area contributed by atoms with E-state index in [-0.39, 0.29) is 37.1 Å². The summed E-state index contributed by atoms with van der Waals surface area (Å²) in [4.78, 5) is 49.7. The van der Waals surface area contributed by atoms with Crippen molar-refractivity contribution >= 4 is 50.1 Å². The molecule has 2 aromatic heterocycles. The average Bonchev–Trinajstić information content (AvgIpc) is 3.46. The smallest absolute Gasteiger partial charge is 0.260 e. The molecule has 1 fully saturated rings. The summed E-state index contributed by atoms with van der Waals surface area (Å²) in [6.07, 6.45) is 2.10. The summed E-state index contributed by atoms with van der Waals surface area (Å²) in [7, 11) is 0. The van der Waals surface area contributed by atoms with Crippen molar-refractivity contribution in [3.05, 3.63) is 78.1 Å². The van der Waals surface area contributed by atoms with Crippen LogP contribution < -0.4 is 14.5 Å². The Morgan fingerprint density at radius 1 is 1.03 bits per heavy atom. The van der Waals surface area contributed by atoms with Gasteiger partial charge in [-0.15, -0.1) is 0 Å². The van der Waals surface area contributed by atoms with E-state index in [1.54, 1.807) is 35.4 Å². The van der Waals surface area contributed by atoms with Gasteiger partial charge in [0.1, 0.15) is 11.3 Å². The van der Waals surface area contributed by atoms with Gasteiger partial charge in [-0.05, 0) is 55.5 Å². The molecule has 3 heterocycles. The van der Waals surface area contributed by atoms with Crippen LogP contribution in [0.5, 0.6) is 5.75 Å². The SMILES string of the molecule is CCOc1cccc2sc(N(Cc3ccccn3)C(=O)c3ccc(N4C(=O)CCC4=O)cc3)nc12. The summed E-state index contributed by atoms with van der Waals surface area (Å²) >= 11 is 1.40. The second-order valence-corrected chi connectivity index (χ2v) is 8.92. The molecule has 8 nitrogen and oxygen atoms in total. The predicted octanol–water partition coefficient (Wildman–Crippen LogP) is 4.59. The van der Waals surface area contributed by atoms with E-state index in [9.17, 15) is 14.4 Å². The Hall–Kier alpha value is -4.11. The number of benzene rings is 2. The molecule has 0 saturated carbocycles. The number of amides is 3. The standard InChI is InChI=1S/C26H22N4O4S/c1-2-34-20-7-5-8-21-24(20)28-26(35-21)29(16-18-6-3-4-15-27-18)25(33)17-9-11-19(12-10-17)30-22(31)13-14-23(30)32/h3-12,15H,2,13-14,16H2,1H3. The number of ether oxygens (including phenoxy) is 1. The topological polar surface area (TPSA) is 92.7 Å². The minimum Gasteiger partial charge on any atom is -0.492 e. The molecule has 1 aliphatic rings. The molecule has 0 aliphatic carbocycles. The molecule has 5 rings (SSSR count). The Labute approximate surface area is 205 Å². The number of rotatable bonds is 7. The third-order valence-electron chi connectivity index (χ3n) is 5.62. The van der Waals surface area contributed by atoms with Gasteiger partial charge in [-0.25, -0.2) is 4.98 Å². The van der Waals surface area contributed by atoms with Crippen LogP contribution >= 0.6 is 11.3 Å². The molecular formula is C26H22N4O4S. The summed E-state index contributed by atoms with van der Waals surface area (Å²) < 4.78 is 6.63. The number of carbonyl (C=O) groups excluding carboxylic acids is 3. The Kier molecular flexibility index (Phi) is 6.24. The van der Waals surface area contributed by atoms with Crippen molar-refractivity contribution in [3.8, 4) is 5.75 Å². The zero-order chi connectivity index (χ0) is 24.4. The van der Waals surface area contributed by atoms with E-state index in [1.165, 1.54) is 16.2 Å². The first-order valence-corrected chi connectivity index (χ1v) is 12.1. The molecule has 2 aromatic carbocycles. The number of imide groups is 1. The lowest BCUT2D eigenvalue weighted by molar-refractivity contribution is -0.121. The van der Waals surface area contributed by atoms with Crippen LogP contribution in [0.2, 0.25) is 0 Å². The van der Waals surface area contributed by atoms with Gasteiger partial charge in [0.2, 0.25) is 11.8 Å². The molecule has 0 atom stereocenters. The summed E-state index contributed by atoms with van der Waals surface area (Å²) in [5, 5.41) is 0.525. The minimum atomic E-state index is -0.265. The molecule has 0 spiro atoms. The highest BCUT2D eigenvalue weighted by atomic mass is 32.1. The molecular weight excluding hydrogens is 464 g/mol. The fourth-order valence-electron chi connectivity index (χ4n) is 3.95. The lowest BCUT2D eigenvalue weighted by Gasteiger charge is -2.20. The number of nitrogens with zero attached hydrogens (tertiary/aromatic N) is 4. The predicted molar refractivity (Wildman–Crippen MR) is 134 cm³/mol. The van der Waals surface area contributed by atoms with Gasteiger partial charge in [-0.2, -0.15) is 0 Å². The maximum atomic E-state index is 13.7. The van der Waals surface area contributed by atoms with E-state index in [0.717, 1.165) is 10.4 Å². The zero-order valence-electron chi connectivity index (χ0n) is 19.0. The number of fused-ring (bicyclic) bond motifs is 1. The van der Waals surface area contributed by atoms with Crippen molar-refractivity contribution in [2.24, 2.45) is 0 Å². The van der Waals surface area contributed by atoms with Crippen LogP contribution in [0.15, 0.2) is 66.9 Å². The maximum absolute atomic E-state index is 13.7. The molecule has 3 amide bonds. The normalized spacial score (nSPS) is 13.5. The second kappa shape index (κ2) is 9.63. The molecule has 9 heteroatoms. The zero-order valence-corrected chi connectivity index (χ0v) is 19.8. The monoisotopic (exact) mass is 486 g/mol. The van der Waals surface area contributed by atoms with Gasteiger partial charge in [0.25, 0.3) is 5.91 Å². The molecule has 176 valence electrons. The van der Waals surface area contributed by atoms with E-state index in [0.29, 0.717) is 34.3 Å². The number of thiazole rings is 1. The Morgan fingerprint density at radius 3 is 2.49 bits per heavy atom. The van der Waals surface area contributed by atoms with Crippen LogP contribution in [-0.4, -0.2) is 34.3 Å². The van der Waals surface area contributed by atoms with Crippen LogP contribution in [0, 0.1) is 0 Å². The largest absolute Gasteiger partial charge is 0.492 e. The van der Waals surface area contributed by atoms with Gasteiger partial charge in [-0.3, -0.25) is 29.2 Å². The quantitative estimate of drug-likeness (QED) is 0.355. The summed E-state index contributed by atoms with van der Waals surface area (Å²) in [6, 6.07) is 17.8. The summed E-state index contributed by atoms with van der Waals surface area (Å²) in [5.74, 6) is -0.0591. The van der Waals surface area contributed by atoms with Gasteiger partial charge in [0, 0.05) is 24.6 Å². The first-order chi connectivity index (χ1) is 17.0. The van der Waals surface area contributed by atoms with Crippen molar-refractivity contribution in [2.45, 2.75) is 26.3 Å². The average molecular weight is 487 g/mol. The molecule has 4 aromatic rings. The van der Waals surface area contributed by atoms with Gasteiger partial charge in [0.15, 0.2) is 5.13 Å². The van der Waals surface area contributed by atoms with Crippen molar-refractivity contribution < 1.29 is 19.1 Å². The fourth-order valence-corrected chi connectivity index (χ4v) is 4.93. The van der Waals surface area contributed by atoms with Crippen molar-refractivity contribution in [2.75, 3.05) is 16.4 Å². The van der Waals surface area contributed by atoms with E-state index < -0.39 is 0 Å². The van der Waals surface area contributed by atoms with E-state index in [2.05, 4.69) is 4.98 Å². The van der Waals surface area contributed by atoms with Crippen LogP contribution in [0.4, 0.5) is 10.8 Å². The first kappa shape index (κ1) is 22.7. The van der Waals surface area contributed by atoms with Gasteiger partial charge in [0.05, 0.1) is 29.2 Å². The molecule has 1 aliphatic heterocycles. The Balaban J connectivity index is 1.50. The van der Waals surface area contributed by atoms with Crippen molar-refractivity contribution in [3.63, 3.8) is 0 Å². The number of hydrogen-bond acceptors (Lipinski definition) is 7. The van der Waals surface area contributed by atoms with Gasteiger partial charge < -0.3 is 4.74 Å². The number of pyridine rings is 1. The van der Waals surface area contributed by atoms with Gasteiger partial charge in [-0.1, -0.05) is 23.5 Å². The lowest BCUT2D eigenvalue weighted by Crippen LogP contribution is -2.31. The van der Waals surface area contributed by atoms with Crippen molar-refractivity contribution in [1.29, 1.82) is 0 Å². The van der Waals surface area contributed by atoms with Crippen LogP contribution in [0.3, 0.4) is 0 Å². The van der Waals surface area contributed by atoms with Crippen molar-refractivity contribution in [1.82, 2.24) is 9.97 Å². The molecule has 0 bridgehead atoms. The van der Waals surface area contributed by atoms with Gasteiger partial charge >= 0.3 is 0 Å². The maximum Gasteiger partial charge on any atom is 0.260 e. The molecule has 0 unspecified atom stereocenters. The molecule has 35 heavy (non-hydrogen) atoms. The summed E-state index contributed by atoms with van der Waals surface area (Å²) in [5.41, 5.74) is 2.30. The van der Waals surface area contributed by atoms with E-state index in [1.807, 2.05) is 43.3 Å². The third-order valence-corrected chi connectivity index (χ3v) is 6.66. The number of aromatic nitrogens is 2. The van der Waals surface area contributed by atoms with Crippen LogP contribution in [0.25, 0.3) is 10.2 Å². The minimum absolute atomic E-state index is 0.207. The number of carbonyl (C=O) groups is 3. The fraction of sp³-hybridized carbons (Fsp3) is 0.192. The third kappa shape index (κ3) is 4.50. The second-order valence-electron chi connectivity index (χ2n) is 7.91. The van der Waals surface area contributed by atoms with Crippen LogP contribution in [-0.2, 0) is 16.1 Å². The first-order valence-electron chi connectivity index (χ1n) is 11.2. The summed E-state index contributed by atoms with van der Waals surface area (Å²) in [6.45, 7) is 2.65. The highest BCUT2D eigenvalue weighted by Gasteiger charge is 2.30. The van der Waals surface area contributed by atoms with E-state index in [4.69, 9.17) is 9.72 Å². The molecule has 0 radical (unpaired) electrons. The number of hydrogen-bond donors (Lipinski definition) is 0. The Morgan fingerprint density at radius 2 is 1.80 bits per heavy atom. The molecule has 1 saturated heterocycles. The van der Waals surface area contributed by atoms with Crippen LogP contribution in [0.1, 0.15) is 35.8 Å². The van der Waals surface area contributed by atoms with E-state index >= 15 is 0 Å². The highest BCUT2D eigenvalue weighted by molar-refractivity contribution is 7.22. The lowest BCUT2D eigenvalue weighted by atomic mass is 10.1. The number of anilines is 2. The highest BCUT2D eigenvalue weighted by Crippen LogP contribution is 2.35. The number of para-hydroxylation sites is 1. The Bertz CT molecular complexity index is 1390. The molecule has 0 N–H and O–H groups in total.